The van der Waals surface area contributed by atoms with Gasteiger partial charge in [-0.3, -0.25) is 4.79 Å². The van der Waals surface area contributed by atoms with Gasteiger partial charge in [0.15, 0.2) is 0 Å². The lowest BCUT2D eigenvalue weighted by Crippen LogP contribution is -2.47. The lowest BCUT2D eigenvalue weighted by atomic mass is 10.3. The average molecular weight is 235 g/mol. The van der Waals surface area contributed by atoms with Crippen LogP contribution in [0, 0.1) is 0 Å². The molecule has 1 amide bonds. The minimum absolute atomic E-state index is 0.278. The maximum Gasteiger partial charge on any atom is 0.223 e. The van der Waals surface area contributed by atoms with Crippen molar-refractivity contribution < 1.29 is 4.79 Å². The molecule has 0 bridgehead atoms. The SMILES string of the molecule is CN1CCN(C(=O)CCBr)CC1. The van der Waals surface area contributed by atoms with E-state index in [0.29, 0.717) is 6.42 Å². The quantitative estimate of drug-likeness (QED) is 0.652. The number of rotatable bonds is 2. The molecule has 12 heavy (non-hydrogen) atoms. The number of hydrogen-bond acceptors (Lipinski definition) is 2. The van der Waals surface area contributed by atoms with E-state index in [2.05, 4.69) is 27.9 Å². The van der Waals surface area contributed by atoms with Gasteiger partial charge in [-0.2, -0.15) is 0 Å². The molecule has 0 aromatic rings. The molecule has 1 heterocycles. The summed E-state index contributed by atoms with van der Waals surface area (Å²) in [6.07, 6.45) is 0.629. The molecule has 0 spiro atoms. The topological polar surface area (TPSA) is 23.6 Å². The number of carbonyl (C=O) groups excluding carboxylic acids is 1. The highest BCUT2D eigenvalue weighted by atomic mass is 79.9. The second-order valence-electron chi connectivity index (χ2n) is 3.12. The highest BCUT2D eigenvalue weighted by Gasteiger charge is 2.17. The van der Waals surface area contributed by atoms with Gasteiger partial charge in [0.05, 0.1) is 0 Å². The van der Waals surface area contributed by atoms with E-state index in [1.165, 1.54) is 0 Å². The van der Waals surface area contributed by atoms with Crippen molar-refractivity contribution in [2.45, 2.75) is 6.42 Å². The Balaban J connectivity index is 2.29. The summed E-state index contributed by atoms with van der Waals surface area (Å²) in [7, 11) is 2.09. The number of carbonyl (C=O) groups is 1. The summed E-state index contributed by atoms with van der Waals surface area (Å²) in [5.41, 5.74) is 0. The molecule has 4 heteroatoms. The number of halogens is 1. The molecule has 0 aromatic heterocycles. The third kappa shape index (κ3) is 2.75. The van der Waals surface area contributed by atoms with Crippen molar-refractivity contribution in [1.82, 2.24) is 9.80 Å². The van der Waals surface area contributed by atoms with Crippen molar-refractivity contribution in [3.63, 3.8) is 0 Å². The number of alkyl halides is 1. The Bertz CT molecular complexity index is 155. The fraction of sp³-hybridized carbons (Fsp3) is 0.875. The van der Waals surface area contributed by atoms with Crippen LogP contribution in [-0.4, -0.2) is 54.3 Å². The predicted octanol–water partition coefficient (Wildman–Crippen LogP) is 0.545. The number of likely N-dealkylation sites (N-methyl/N-ethyl adjacent to an activating group) is 1. The minimum Gasteiger partial charge on any atom is -0.340 e. The summed E-state index contributed by atoms with van der Waals surface area (Å²) < 4.78 is 0. The van der Waals surface area contributed by atoms with Crippen LogP contribution in [0.3, 0.4) is 0 Å². The van der Waals surface area contributed by atoms with Gasteiger partial charge in [-0.15, -0.1) is 0 Å². The predicted molar refractivity (Wildman–Crippen MR) is 52.5 cm³/mol. The van der Waals surface area contributed by atoms with Gasteiger partial charge in [-0.1, -0.05) is 15.9 Å². The zero-order valence-electron chi connectivity index (χ0n) is 7.42. The molecule has 0 N–H and O–H groups in total. The Labute approximate surface area is 81.8 Å². The molecule has 1 saturated heterocycles. The van der Waals surface area contributed by atoms with Crippen molar-refractivity contribution in [2.24, 2.45) is 0 Å². The van der Waals surface area contributed by atoms with Crippen LogP contribution in [0.25, 0.3) is 0 Å². The van der Waals surface area contributed by atoms with Crippen LogP contribution in [0.2, 0.25) is 0 Å². The molecule has 0 radical (unpaired) electrons. The maximum atomic E-state index is 11.4. The molecule has 0 saturated carbocycles. The zero-order valence-corrected chi connectivity index (χ0v) is 9.01. The molecule has 0 atom stereocenters. The van der Waals surface area contributed by atoms with Crippen LogP contribution in [0.4, 0.5) is 0 Å². The second kappa shape index (κ2) is 4.82. The van der Waals surface area contributed by atoms with Crippen LogP contribution in [-0.2, 0) is 4.79 Å². The molecule has 1 fully saturated rings. The number of amides is 1. The fourth-order valence-corrected chi connectivity index (χ4v) is 1.63. The second-order valence-corrected chi connectivity index (χ2v) is 3.92. The van der Waals surface area contributed by atoms with Gasteiger partial charge in [0.1, 0.15) is 0 Å². The maximum absolute atomic E-state index is 11.4. The van der Waals surface area contributed by atoms with Crippen molar-refractivity contribution in [2.75, 3.05) is 38.6 Å². The smallest absolute Gasteiger partial charge is 0.223 e. The fourth-order valence-electron chi connectivity index (χ4n) is 1.29. The highest BCUT2D eigenvalue weighted by molar-refractivity contribution is 9.09. The van der Waals surface area contributed by atoms with E-state index in [0.717, 1.165) is 31.5 Å². The summed E-state index contributed by atoms with van der Waals surface area (Å²) in [6.45, 7) is 3.80. The van der Waals surface area contributed by atoms with E-state index < -0.39 is 0 Å². The zero-order chi connectivity index (χ0) is 8.97. The molecule has 0 aliphatic carbocycles. The van der Waals surface area contributed by atoms with Gasteiger partial charge < -0.3 is 9.80 Å². The first-order valence-electron chi connectivity index (χ1n) is 4.26. The summed E-state index contributed by atoms with van der Waals surface area (Å²) in [4.78, 5) is 15.6. The van der Waals surface area contributed by atoms with Crippen LogP contribution < -0.4 is 0 Å². The first kappa shape index (κ1) is 9.99. The Morgan fingerprint density at radius 1 is 1.33 bits per heavy atom. The largest absolute Gasteiger partial charge is 0.340 e. The number of nitrogens with zero attached hydrogens (tertiary/aromatic N) is 2. The first-order chi connectivity index (χ1) is 5.74. The van der Waals surface area contributed by atoms with Crippen LogP contribution in [0.1, 0.15) is 6.42 Å². The summed E-state index contributed by atoms with van der Waals surface area (Å²) in [5.74, 6) is 0.278. The van der Waals surface area contributed by atoms with Crippen molar-refractivity contribution in [1.29, 1.82) is 0 Å². The van der Waals surface area contributed by atoms with E-state index in [1.54, 1.807) is 0 Å². The molecule has 0 aromatic carbocycles. The lowest BCUT2D eigenvalue weighted by Gasteiger charge is -2.32. The van der Waals surface area contributed by atoms with Gasteiger partial charge in [0.2, 0.25) is 5.91 Å². The van der Waals surface area contributed by atoms with Gasteiger partial charge >= 0.3 is 0 Å². The summed E-state index contributed by atoms with van der Waals surface area (Å²) >= 11 is 3.27. The van der Waals surface area contributed by atoms with Gasteiger partial charge in [-0.25, -0.2) is 0 Å². The molecule has 0 unspecified atom stereocenters. The van der Waals surface area contributed by atoms with E-state index in [-0.39, 0.29) is 5.91 Å². The van der Waals surface area contributed by atoms with Crippen LogP contribution in [0.15, 0.2) is 0 Å². The molecule has 1 aliphatic rings. The Morgan fingerprint density at radius 2 is 1.92 bits per heavy atom. The normalized spacial score (nSPS) is 19.7. The summed E-state index contributed by atoms with van der Waals surface area (Å²) in [6, 6.07) is 0. The number of piperazine rings is 1. The van der Waals surface area contributed by atoms with Crippen LogP contribution in [0.5, 0.6) is 0 Å². The van der Waals surface area contributed by atoms with E-state index in [9.17, 15) is 4.79 Å². The third-order valence-corrected chi connectivity index (χ3v) is 2.56. The average Bonchev–Trinajstić information content (AvgIpc) is 2.06. The molecule has 3 nitrogen and oxygen atoms in total. The standard InChI is InChI=1S/C8H15BrN2O/c1-10-4-6-11(7-5-10)8(12)2-3-9/h2-7H2,1H3. The molecular formula is C8H15BrN2O. The molecule has 70 valence electrons. The highest BCUT2D eigenvalue weighted by Crippen LogP contribution is 2.02. The van der Waals surface area contributed by atoms with Crippen LogP contribution >= 0.6 is 15.9 Å². The van der Waals surface area contributed by atoms with Gasteiger partial charge in [-0.05, 0) is 7.05 Å². The Hall–Kier alpha value is -0.0900. The van der Waals surface area contributed by atoms with Crippen molar-refractivity contribution in [3.05, 3.63) is 0 Å². The number of hydrogen-bond donors (Lipinski definition) is 0. The van der Waals surface area contributed by atoms with E-state index in [4.69, 9.17) is 0 Å². The molecule has 1 aliphatic heterocycles. The van der Waals surface area contributed by atoms with E-state index in [1.807, 2.05) is 4.90 Å². The third-order valence-electron chi connectivity index (χ3n) is 2.16. The Morgan fingerprint density at radius 3 is 2.42 bits per heavy atom. The van der Waals surface area contributed by atoms with Crippen molar-refractivity contribution >= 4 is 21.8 Å². The van der Waals surface area contributed by atoms with E-state index >= 15 is 0 Å². The van der Waals surface area contributed by atoms with Crippen molar-refractivity contribution in [3.8, 4) is 0 Å². The minimum atomic E-state index is 0.278. The lowest BCUT2D eigenvalue weighted by molar-refractivity contribution is -0.132. The van der Waals surface area contributed by atoms with Gasteiger partial charge in [0.25, 0.3) is 0 Å². The van der Waals surface area contributed by atoms with Gasteiger partial charge in [0, 0.05) is 37.9 Å². The monoisotopic (exact) mass is 234 g/mol. The molecule has 1 rings (SSSR count). The molecular weight excluding hydrogens is 220 g/mol. The summed E-state index contributed by atoms with van der Waals surface area (Å²) in [5, 5.41) is 0.776. The Kier molecular flexibility index (Phi) is 4.01. The first-order valence-corrected chi connectivity index (χ1v) is 5.38.